The Labute approximate surface area is 179 Å². The van der Waals surface area contributed by atoms with E-state index in [1.54, 1.807) is 12.1 Å². The maximum absolute atomic E-state index is 12.7. The number of benzene rings is 1. The van der Waals surface area contributed by atoms with Crippen LogP contribution in [0.4, 0.5) is 0 Å². The van der Waals surface area contributed by atoms with E-state index < -0.39 is 10.0 Å². The summed E-state index contributed by atoms with van der Waals surface area (Å²) < 4.78 is 33.7. The Balaban J connectivity index is 1.42. The van der Waals surface area contributed by atoms with Gasteiger partial charge in [-0.05, 0) is 37.6 Å². The van der Waals surface area contributed by atoms with E-state index in [0.717, 1.165) is 33.9 Å². The van der Waals surface area contributed by atoms with Gasteiger partial charge in [-0.2, -0.15) is 4.31 Å². The Morgan fingerprint density at radius 1 is 1.10 bits per heavy atom. The molecule has 0 unspecified atom stereocenters. The molecule has 0 bridgehead atoms. The summed E-state index contributed by atoms with van der Waals surface area (Å²) in [5.74, 6) is 1.43. The van der Waals surface area contributed by atoms with Gasteiger partial charge in [-0.1, -0.05) is 29.8 Å². The molecule has 1 aromatic carbocycles. The van der Waals surface area contributed by atoms with E-state index >= 15 is 0 Å². The quantitative estimate of drug-likeness (QED) is 0.582. The highest BCUT2D eigenvalue weighted by Crippen LogP contribution is 2.29. The van der Waals surface area contributed by atoms with Gasteiger partial charge in [-0.25, -0.2) is 13.4 Å². The second-order valence-corrected chi connectivity index (χ2v) is 11.0. The molecule has 6 nitrogen and oxygen atoms in total. The van der Waals surface area contributed by atoms with Gasteiger partial charge in [-0.3, -0.25) is 4.90 Å². The highest BCUT2D eigenvalue weighted by molar-refractivity contribution is 7.91. The van der Waals surface area contributed by atoms with Crippen LogP contribution in [0.5, 0.6) is 0 Å². The van der Waals surface area contributed by atoms with Crippen LogP contribution in [0.25, 0.3) is 11.5 Å². The fourth-order valence-electron chi connectivity index (χ4n) is 3.41. The predicted molar refractivity (Wildman–Crippen MR) is 115 cm³/mol. The number of aryl methyl sites for hydroxylation is 2. The van der Waals surface area contributed by atoms with Gasteiger partial charge in [0.15, 0.2) is 0 Å². The van der Waals surface area contributed by atoms with Gasteiger partial charge in [-0.15, -0.1) is 11.3 Å². The SMILES string of the molecule is Cc1ccccc1-c1nc(CN2CCN(S(=O)(=O)c3ccc(Cl)s3)CC2)c(C)o1. The standard InChI is InChI=1S/C20H22ClN3O3S2/c1-14-5-3-4-6-16(14)20-22-17(15(2)27-20)13-23-9-11-24(12-10-23)29(25,26)19-8-7-18(21)28-19/h3-8H,9-13H2,1-2H3. The van der Waals surface area contributed by atoms with Crippen molar-refractivity contribution >= 4 is 33.0 Å². The number of thiophene rings is 1. The Bertz CT molecular complexity index is 1120. The predicted octanol–water partition coefficient (Wildman–Crippen LogP) is 4.18. The van der Waals surface area contributed by atoms with Gasteiger partial charge in [0.1, 0.15) is 9.97 Å². The molecule has 0 aliphatic carbocycles. The molecule has 1 aliphatic heterocycles. The molecule has 0 saturated carbocycles. The van der Waals surface area contributed by atoms with Crippen molar-refractivity contribution in [3.8, 4) is 11.5 Å². The molecule has 1 saturated heterocycles. The summed E-state index contributed by atoms with van der Waals surface area (Å²) in [7, 11) is -3.48. The lowest BCUT2D eigenvalue weighted by atomic mass is 10.1. The average molecular weight is 452 g/mol. The lowest BCUT2D eigenvalue weighted by molar-refractivity contribution is 0.179. The van der Waals surface area contributed by atoms with Crippen LogP contribution >= 0.6 is 22.9 Å². The van der Waals surface area contributed by atoms with Crippen LogP contribution < -0.4 is 0 Å². The first-order chi connectivity index (χ1) is 13.8. The molecule has 0 radical (unpaired) electrons. The first kappa shape index (κ1) is 20.6. The van der Waals surface area contributed by atoms with Crippen molar-refractivity contribution in [3.63, 3.8) is 0 Å². The normalized spacial score (nSPS) is 16.4. The van der Waals surface area contributed by atoms with Gasteiger partial charge >= 0.3 is 0 Å². The van der Waals surface area contributed by atoms with Crippen LogP contribution in [-0.4, -0.2) is 48.8 Å². The largest absolute Gasteiger partial charge is 0.441 e. The number of piperazine rings is 1. The number of nitrogens with zero attached hydrogens (tertiary/aromatic N) is 3. The Kier molecular flexibility index (Phi) is 5.81. The molecule has 4 rings (SSSR count). The molecule has 29 heavy (non-hydrogen) atoms. The molecule has 3 aromatic rings. The van der Waals surface area contributed by atoms with Gasteiger partial charge in [0.2, 0.25) is 5.89 Å². The molecule has 0 spiro atoms. The van der Waals surface area contributed by atoms with Gasteiger partial charge in [0, 0.05) is 38.3 Å². The molecule has 3 heterocycles. The summed E-state index contributed by atoms with van der Waals surface area (Å²) in [6.07, 6.45) is 0. The summed E-state index contributed by atoms with van der Waals surface area (Å²) in [6.45, 7) is 6.77. The number of sulfonamides is 1. The summed E-state index contributed by atoms with van der Waals surface area (Å²) in [5, 5.41) is 0. The second-order valence-electron chi connectivity index (χ2n) is 7.08. The summed E-state index contributed by atoms with van der Waals surface area (Å²) in [6, 6.07) is 11.2. The molecule has 154 valence electrons. The zero-order chi connectivity index (χ0) is 20.6. The molecule has 0 amide bonds. The number of hydrogen-bond acceptors (Lipinski definition) is 6. The molecular weight excluding hydrogens is 430 g/mol. The zero-order valence-corrected chi connectivity index (χ0v) is 18.6. The van der Waals surface area contributed by atoms with E-state index in [9.17, 15) is 8.42 Å². The van der Waals surface area contributed by atoms with Gasteiger partial charge in [0.05, 0.1) is 10.0 Å². The third-order valence-corrected chi connectivity index (χ3v) is 8.71. The molecule has 0 atom stereocenters. The van der Waals surface area contributed by atoms with E-state index in [1.807, 2.05) is 38.1 Å². The first-order valence-corrected chi connectivity index (χ1v) is 12.0. The Morgan fingerprint density at radius 3 is 2.48 bits per heavy atom. The van der Waals surface area contributed by atoms with Crippen molar-refractivity contribution in [2.45, 2.75) is 24.6 Å². The van der Waals surface area contributed by atoms with Crippen LogP contribution in [0, 0.1) is 13.8 Å². The third-order valence-electron chi connectivity index (χ3n) is 5.12. The van der Waals surface area contributed by atoms with Crippen molar-refractivity contribution in [1.29, 1.82) is 0 Å². The monoisotopic (exact) mass is 451 g/mol. The maximum atomic E-state index is 12.7. The second kappa shape index (κ2) is 8.20. The van der Waals surface area contributed by atoms with Crippen LogP contribution in [0.2, 0.25) is 4.34 Å². The molecule has 1 fully saturated rings. The number of aromatic nitrogens is 1. The summed E-state index contributed by atoms with van der Waals surface area (Å²) in [4.78, 5) is 6.91. The van der Waals surface area contributed by atoms with E-state index in [-0.39, 0.29) is 0 Å². The topological polar surface area (TPSA) is 66.7 Å². The Morgan fingerprint density at radius 2 is 1.83 bits per heavy atom. The van der Waals surface area contributed by atoms with Crippen molar-refractivity contribution in [2.75, 3.05) is 26.2 Å². The number of halogens is 1. The fourth-order valence-corrected chi connectivity index (χ4v) is 6.47. The van der Waals surface area contributed by atoms with E-state index in [1.165, 1.54) is 4.31 Å². The lowest BCUT2D eigenvalue weighted by Gasteiger charge is -2.33. The highest BCUT2D eigenvalue weighted by atomic mass is 35.5. The fraction of sp³-hybridized carbons (Fsp3) is 0.350. The molecule has 2 aromatic heterocycles. The summed E-state index contributed by atoms with van der Waals surface area (Å²) in [5.41, 5.74) is 3.00. The van der Waals surface area contributed by atoms with Gasteiger partial charge in [0.25, 0.3) is 10.0 Å². The molecule has 0 N–H and O–H groups in total. The third kappa shape index (κ3) is 4.27. The van der Waals surface area contributed by atoms with Gasteiger partial charge < -0.3 is 4.42 Å². The minimum absolute atomic E-state index is 0.297. The van der Waals surface area contributed by atoms with Crippen LogP contribution in [-0.2, 0) is 16.6 Å². The maximum Gasteiger partial charge on any atom is 0.252 e. The zero-order valence-electron chi connectivity index (χ0n) is 16.3. The van der Waals surface area contributed by atoms with E-state index in [4.69, 9.17) is 21.0 Å². The molecular formula is C20H22ClN3O3S2. The molecule has 1 aliphatic rings. The Hall–Kier alpha value is -1.71. The van der Waals surface area contributed by atoms with E-state index in [0.29, 0.717) is 47.2 Å². The summed E-state index contributed by atoms with van der Waals surface area (Å²) >= 11 is 7.00. The van der Waals surface area contributed by atoms with Crippen molar-refractivity contribution in [1.82, 2.24) is 14.2 Å². The number of oxazole rings is 1. The molecule has 9 heteroatoms. The van der Waals surface area contributed by atoms with E-state index in [2.05, 4.69) is 4.90 Å². The highest BCUT2D eigenvalue weighted by Gasteiger charge is 2.30. The van der Waals surface area contributed by atoms with Crippen molar-refractivity contribution in [2.24, 2.45) is 0 Å². The van der Waals surface area contributed by atoms with Crippen LogP contribution in [0.15, 0.2) is 45.0 Å². The minimum Gasteiger partial charge on any atom is -0.441 e. The number of hydrogen-bond donors (Lipinski definition) is 0. The lowest BCUT2D eigenvalue weighted by Crippen LogP contribution is -2.48. The average Bonchev–Trinajstić information content (AvgIpc) is 3.29. The first-order valence-electron chi connectivity index (χ1n) is 9.35. The number of rotatable bonds is 5. The van der Waals surface area contributed by atoms with Crippen LogP contribution in [0.3, 0.4) is 0 Å². The van der Waals surface area contributed by atoms with Crippen molar-refractivity contribution < 1.29 is 12.8 Å². The van der Waals surface area contributed by atoms with Crippen LogP contribution in [0.1, 0.15) is 17.0 Å². The van der Waals surface area contributed by atoms with Crippen molar-refractivity contribution in [3.05, 3.63) is 57.8 Å². The minimum atomic E-state index is -3.48. The smallest absolute Gasteiger partial charge is 0.252 e.